The zero-order valence-electron chi connectivity index (χ0n) is 11.8. The smallest absolute Gasteiger partial charge is 0.274 e. The Morgan fingerprint density at radius 2 is 2.00 bits per heavy atom. The van der Waals surface area contributed by atoms with Gasteiger partial charge in [-0.05, 0) is 33.7 Å². The van der Waals surface area contributed by atoms with Crippen LogP contribution in [0.5, 0.6) is 0 Å². The molecule has 0 amide bonds. The third-order valence-electron chi connectivity index (χ3n) is 2.82. The Labute approximate surface area is 114 Å². The van der Waals surface area contributed by atoms with E-state index in [1.807, 2.05) is 26.8 Å². The molecule has 5 nitrogen and oxygen atoms in total. The molecule has 0 bridgehead atoms. The van der Waals surface area contributed by atoms with Gasteiger partial charge >= 0.3 is 0 Å². The second kappa shape index (κ2) is 7.86. The van der Waals surface area contributed by atoms with Crippen molar-refractivity contribution in [1.29, 1.82) is 0 Å². The lowest BCUT2D eigenvalue weighted by Crippen LogP contribution is -2.22. The minimum atomic E-state index is -0.338. The first-order chi connectivity index (χ1) is 9.02. The van der Waals surface area contributed by atoms with Crippen LogP contribution in [0.3, 0.4) is 0 Å². The first-order valence-electron chi connectivity index (χ1n) is 6.60. The van der Waals surface area contributed by atoms with Crippen LogP contribution in [-0.2, 0) is 4.74 Å². The summed E-state index contributed by atoms with van der Waals surface area (Å²) < 4.78 is 5.44. The Balaban J connectivity index is 2.45. The number of para-hydroxylation sites is 1. The number of hydrogen-bond acceptors (Lipinski definition) is 4. The summed E-state index contributed by atoms with van der Waals surface area (Å²) in [6.07, 6.45) is 1.14. The van der Waals surface area contributed by atoms with Gasteiger partial charge in [0.05, 0.1) is 11.0 Å². The van der Waals surface area contributed by atoms with E-state index in [1.54, 1.807) is 12.1 Å². The number of nitro groups is 1. The van der Waals surface area contributed by atoms with Crippen LogP contribution in [0.25, 0.3) is 0 Å². The van der Waals surface area contributed by atoms with Crippen LogP contribution in [0.1, 0.15) is 38.8 Å². The van der Waals surface area contributed by atoms with Crippen LogP contribution in [0.15, 0.2) is 24.3 Å². The molecule has 0 saturated carbocycles. The highest BCUT2D eigenvalue weighted by atomic mass is 16.6. The maximum Gasteiger partial charge on any atom is 0.274 e. The van der Waals surface area contributed by atoms with Gasteiger partial charge in [-0.1, -0.05) is 18.2 Å². The van der Waals surface area contributed by atoms with Crippen LogP contribution in [0.2, 0.25) is 0 Å². The summed E-state index contributed by atoms with van der Waals surface area (Å²) in [5, 5.41) is 14.2. The van der Waals surface area contributed by atoms with Crippen molar-refractivity contribution >= 4 is 5.69 Å². The van der Waals surface area contributed by atoms with Crippen LogP contribution in [0.4, 0.5) is 5.69 Å². The molecule has 0 aliphatic rings. The average Bonchev–Trinajstić information content (AvgIpc) is 2.37. The molecule has 1 aromatic carbocycles. The molecular formula is C14H22N2O3. The van der Waals surface area contributed by atoms with Crippen LogP contribution < -0.4 is 5.32 Å². The Morgan fingerprint density at radius 1 is 1.32 bits per heavy atom. The summed E-state index contributed by atoms with van der Waals surface area (Å²) in [6.45, 7) is 7.42. The maximum absolute atomic E-state index is 10.9. The van der Waals surface area contributed by atoms with Gasteiger partial charge in [0.25, 0.3) is 5.69 Å². The summed E-state index contributed by atoms with van der Waals surface area (Å²) in [6, 6.07) is 6.80. The molecule has 19 heavy (non-hydrogen) atoms. The fraction of sp³-hybridized carbons (Fsp3) is 0.571. The molecule has 0 heterocycles. The summed E-state index contributed by atoms with van der Waals surface area (Å²) in [5.74, 6) is 0. The Kier molecular flexibility index (Phi) is 6.45. The van der Waals surface area contributed by atoms with Gasteiger partial charge in [-0.15, -0.1) is 0 Å². The molecule has 0 aromatic heterocycles. The number of nitrogens with zero attached hydrogens (tertiary/aromatic N) is 1. The topological polar surface area (TPSA) is 64.4 Å². The van der Waals surface area contributed by atoms with Crippen molar-refractivity contribution in [3.63, 3.8) is 0 Å². The van der Waals surface area contributed by atoms with Crippen molar-refractivity contribution in [2.24, 2.45) is 0 Å². The molecular weight excluding hydrogens is 244 g/mol. The lowest BCUT2D eigenvalue weighted by molar-refractivity contribution is -0.385. The first kappa shape index (κ1) is 15.6. The number of nitro benzene ring substituents is 1. The summed E-state index contributed by atoms with van der Waals surface area (Å²) in [4.78, 5) is 10.6. The summed E-state index contributed by atoms with van der Waals surface area (Å²) >= 11 is 0. The largest absolute Gasteiger partial charge is 0.379 e. The van der Waals surface area contributed by atoms with Crippen molar-refractivity contribution in [2.45, 2.75) is 39.3 Å². The average molecular weight is 266 g/mol. The van der Waals surface area contributed by atoms with Gasteiger partial charge in [0.2, 0.25) is 0 Å². The summed E-state index contributed by atoms with van der Waals surface area (Å²) in [7, 11) is 0. The summed E-state index contributed by atoms with van der Waals surface area (Å²) in [5.41, 5.74) is 0.887. The molecule has 0 fully saturated rings. The van der Waals surface area contributed by atoms with E-state index in [0.29, 0.717) is 6.61 Å². The zero-order chi connectivity index (χ0) is 14.3. The number of benzene rings is 1. The molecule has 0 spiro atoms. The molecule has 1 N–H and O–H groups in total. The van der Waals surface area contributed by atoms with Gasteiger partial charge < -0.3 is 10.1 Å². The van der Waals surface area contributed by atoms with Gasteiger partial charge in [-0.25, -0.2) is 0 Å². The minimum Gasteiger partial charge on any atom is -0.379 e. The van der Waals surface area contributed by atoms with E-state index >= 15 is 0 Å². The molecule has 1 atom stereocenters. The van der Waals surface area contributed by atoms with E-state index in [1.165, 1.54) is 6.07 Å². The predicted molar refractivity (Wildman–Crippen MR) is 75.2 cm³/mol. The van der Waals surface area contributed by atoms with Crippen molar-refractivity contribution < 1.29 is 9.66 Å². The van der Waals surface area contributed by atoms with E-state index in [9.17, 15) is 10.1 Å². The molecule has 106 valence electrons. The maximum atomic E-state index is 10.9. The molecule has 0 saturated heterocycles. The van der Waals surface area contributed by atoms with Crippen LogP contribution >= 0.6 is 0 Å². The minimum absolute atomic E-state index is 0.0411. The van der Waals surface area contributed by atoms with E-state index in [4.69, 9.17) is 4.74 Å². The second-order valence-corrected chi connectivity index (χ2v) is 4.76. The van der Waals surface area contributed by atoms with Gasteiger partial charge in [0, 0.05) is 24.3 Å². The fourth-order valence-corrected chi connectivity index (χ4v) is 1.84. The third-order valence-corrected chi connectivity index (χ3v) is 2.82. The van der Waals surface area contributed by atoms with E-state index in [0.717, 1.165) is 18.5 Å². The van der Waals surface area contributed by atoms with Gasteiger partial charge in [0.1, 0.15) is 0 Å². The van der Waals surface area contributed by atoms with Gasteiger partial charge in [-0.3, -0.25) is 10.1 Å². The SMILES string of the molecule is CC(C)OCCCNC(C)c1ccccc1[N+](=O)[O-]. The third kappa shape index (κ3) is 5.36. The van der Waals surface area contributed by atoms with Crippen molar-refractivity contribution in [3.05, 3.63) is 39.9 Å². The number of rotatable bonds is 8. The normalized spacial score (nSPS) is 12.6. The van der Waals surface area contributed by atoms with Gasteiger partial charge in [0.15, 0.2) is 0 Å². The van der Waals surface area contributed by atoms with E-state index < -0.39 is 0 Å². The van der Waals surface area contributed by atoms with Crippen LogP contribution in [0, 0.1) is 10.1 Å². The van der Waals surface area contributed by atoms with Crippen LogP contribution in [-0.4, -0.2) is 24.2 Å². The zero-order valence-corrected chi connectivity index (χ0v) is 11.8. The number of ether oxygens (including phenoxy) is 1. The van der Waals surface area contributed by atoms with E-state index in [-0.39, 0.29) is 22.8 Å². The Hall–Kier alpha value is -1.46. The number of hydrogen-bond donors (Lipinski definition) is 1. The highest BCUT2D eigenvalue weighted by molar-refractivity contribution is 5.41. The fourth-order valence-electron chi connectivity index (χ4n) is 1.84. The number of nitrogens with one attached hydrogen (secondary N) is 1. The molecule has 1 unspecified atom stereocenters. The lowest BCUT2D eigenvalue weighted by atomic mass is 10.1. The lowest BCUT2D eigenvalue weighted by Gasteiger charge is -2.14. The highest BCUT2D eigenvalue weighted by Crippen LogP contribution is 2.24. The Bertz CT molecular complexity index is 407. The van der Waals surface area contributed by atoms with Crippen molar-refractivity contribution in [1.82, 2.24) is 5.32 Å². The molecule has 0 aliphatic heterocycles. The highest BCUT2D eigenvalue weighted by Gasteiger charge is 2.17. The van der Waals surface area contributed by atoms with Gasteiger partial charge in [-0.2, -0.15) is 0 Å². The molecule has 0 radical (unpaired) electrons. The standard InChI is InChI=1S/C14H22N2O3/c1-11(2)19-10-6-9-15-12(3)13-7-4-5-8-14(13)16(17)18/h4-5,7-8,11-12,15H,6,9-10H2,1-3H3. The quantitative estimate of drug-likeness (QED) is 0.446. The molecule has 0 aliphatic carbocycles. The molecule has 1 aromatic rings. The van der Waals surface area contributed by atoms with Crippen molar-refractivity contribution in [2.75, 3.05) is 13.2 Å². The Morgan fingerprint density at radius 3 is 2.63 bits per heavy atom. The van der Waals surface area contributed by atoms with Crippen molar-refractivity contribution in [3.8, 4) is 0 Å². The molecule has 5 heteroatoms. The monoisotopic (exact) mass is 266 g/mol. The van der Waals surface area contributed by atoms with E-state index in [2.05, 4.69) is 5.32 Å². The first-order valence-corrected chi connectivity index (χ1v) is 6.60. The molecule has 1 rings (SSSR count). The second-order valence-electron chi connectivity index (χ2n) is 4.76. The predicted octanol–water partition coefficient (Wildman–Crippen LogP) is 3.06.